The van der Waals surface area contributed by atoms with E-state index in [2.05, 4.69) is 19.9 Å². The molecule has 1 aromatic carbocycles. The molecule has 3 aromatic rings. The zero-order chi connectivity index (χ0) is 16.8. The van der Waals surface area contributed by atoms with Gasteiger partial charge < -0.3 is 4.74 Å². The van der Waals surface area contributed by atoms with Crippen molar-refractivity contribution in [3.05, 3.63) is 66.0 Å². The molecule has 0 aliphatic carbocycles. The van der Waals surface area contributed by atoms with Crippen LogP contribution in [-0.2, 0) is 6.61 Å². The summed E-state index contributed by atoms with van der Waals surface area (Å²) in [4.78, 5) is 16.2. The highest BCUT2D eigenvalue weighted by Crippen LogP contribution is 2.18. The quantitative estimate of drug-likeness (QED) is 0.674. The molecule has 2 heterocycles. The predicted molar refractivity (Wildman–Crippen MR) is 93.6 cm³/mol. The number of nitrogens with one attached hydrogen (secondary N) is 2. The molecule has 6 nitrogen and oxygen atoms in total. The van der Waals surface area contributed by atoms with Crippen molar-refractivity contribution in [1.29, 1.82) is 0 Å². The Labute approximate surface area is 143 Å². The van der Waals surface area contributed by atoms with Crippen molar-refractivity contribution < 1.29 is 9.53 Å². The van der Waals surface area contributed by atoms with Crippen molar-refractivity contribution in [3.63, 3.8) is 0 Å². The van der Waals surface area contributed by atoms with Crippen molar-refractivity contribution in [2.75, 3.05) is 6.26 Å². The molecule has 3 rings (SSSR count). The van der Waals surface area contributed by atoms with Gasteiger partial charge >= 0.3 is 0 Å². The van der Waals surface area contributed by atoms with Crippen LogP contribution in [0.25, 0.3) is 11.4 Å². The fourth-order valence-corrected chi connectivity index (χ4v) is 2.45. The van der Waals surface area contributed by atoms with E-state index in [1.807, 2.05) is 42.7 Å². The molecule has 7 heteroatoms. The lowest BCUT2D eigenvalue weighted by atomic mass is 10.1. The summed E-state index contributed by atoms with van der Waals surface area (Å²) in [5, 5.41) is 6.77. The standard InChI is InChI=1S/C17H16N4O2S/c1-24-21-17(22)13-4-2-3-12(9-13)11-23-14-5-6-15(18-10-14)16-7-8-19-20-16/h2-10H,11H2,1H3,(H,19,20)(H,21,22). The maximum absolute atomic E-state index is 11.8. The van der Waals surface area contributed by atoms with Crippen LogP contribution in [0.15, 0.2) is 54.9 Å². The SMILES string of the molecule is CSNC(=O)c1cccc(COc2ccc(-c3ccn[nH]3)nc2)c1. The minimum absolute atomic E-state index is 0.116. The number of benzene rings is 1. The lowest BCUT2D eigenvalue weighted by molar-refractivity contribution is 0.0984. The van der Waals surface area contributed by atoms with E-state index in [4.69, 9.17) is 4.74 Å². The summed E-state index contributed by atoms with van der Waals surface area (Å²) in [7, 11) is 0. The summed E-state index contributed by atoms with van der Waals surface area (Å²) in [6.07, 6.45) is 5.16. The van der Waals surface area contributed by atoms with Gasteiger partial charge in [0, 0.05) is 18.0 Å². The highest BCUT2D eigenvalue weighted by Gasteiger charge is 2.06. The molecule has 2 aromatic heterocycles. The summed E-state index contributed by atoms with van der Waals surface area (Å²) in [5.74, 6) is 0.548. The number of pyridine rings is 1. The van der Waals surface area contributed by atoms with E-state index in [1.165, 1.54) is 11.9 Å². The van der Waals surface area contributed by atoms with Gasteiger partial charge in [0.25, 0.3) is 5.91 Å². The highest BCUT2D eigenvalue weighted by atomic mass is 32.2. The molecular weight excluding hydrogens is 324 g/mol. The van der Waals surface area contributed by atoms with Crippen LogP contribution in [-0.4, -0.2) is 27.3 Å². The molecule has 0 aliphatic rings. The fraction of sp³-hybridized carbons (Fsp3) is 0.118. The first-order valence-electron chi connectivity index (χ1n) is 7.27. The maximum Gasteiger partial charge on any atom is 0.261 e. The largest absolute Gasteiger partial charge is 0.487 e. The average molecular weight is 340 g/mol. The van der Waals surface area contributed by atoms with E-state index in [1.54, 1.807) is 18.5 Å². The number of nitrogens with zero attached hydrogens (tertiary/aromatic N) is 2. The third-order valence-electron chi connectivity index (χ3n) is 3.30. The number of H-pyrrole nitrogens is 1. The maximum atomic E-state index is 11.8. The number of rotatable bonds is 6. The summed E-state index contributed by atoms with van der Waals surface area (Å²) in [5.41, 5.74) is 3.18. The second-order valence-corrected chi connectivity index (χ2v) is 5.59. The molecule has 24 heavy (non-hydrogen) atoms. The number of hydrogen-bond acceptors (Lipinski definition) is 5. The summed E-state index contributed by atoms with van der Waals surface area (Å²) in [6, 6.07) is 12.9. The van der Waals surface area contributed by atoms with Gasteiger partial charge in [-0.1, -0.05) is 24.1 Å². The van der Waals surface area contributed by atoms with Gasteiger partial charge in [-0.3, -0.25) is 19.6 Å². The Morgan fingerprint density at radius 3 is 2.92 bits per heavy atom. The van der Waals surface area contributed by atoms with E-state index < -0.39 is 0 Å². The highest BCUT2D eigenvalue weighted by molar-refractivity contribution is 7.97. The molecule has 0 unspecified atom stereocenters. The lowest BCUT2D eigenvalue weighted by Crippen LogP contribution is -2.15. The average Bonchev–Trinajstić information content (AvgIpc) is 3.15. The van der Waals surface area contributed by atoms with Gasteiger partial charge in [-0.2, -0.15) is 5.10 Å². The van der Waals surface area contributed by atoms with E-state index in [0.29, 0.717) is 17.9 Å². The molecular formula is C17H16N4O2S. The molecule has 0 saturated carbocycles. The molecule has 0 saturated heterocycles. The summed E-state index contributed by atoms with van der Waals surface area (Å²) >= 11 is 1.27. The monoisotopic (exact) mass is 340 g/mol. The molecule has 1 amide bonds. The van der Waals surface area contributed by atoms with Gasteiger partial charge in [-0.15, -0.1) is 0 Å². The van der Waals surface area contributed by atoms with Gasteiger partial charge in [0.05, 0.1) is 17.6 Å². The molecule has 2 N–H and O–H groups in total. The number of ether oxygens (including phenoxy) is 1. The van der Waals surface area contributed by atoms with Gasteiger partial charge in [-0.05, 0) is 35.9 Å². The third-order valence-corrected chi connectivity index (χ3v) is 3.69. The predicted octanol–water partition coefficient (Wildman–Crippen LogP) is 3.06. The van der Waals surface area contributed by atoms with Gasteiger partial charge in [0.15, 0.2) is 0 Å². The Hall–Kier alpha value is -2.80. The summed E-state index contributed by atoms with van der Waals surface area (Å²) in [6.45, 7) is 0.367. The zero-order valence-electron chi connectivity index (χ0n) is 13.0. The van der Waals surface area contributed by atoms with Crippen molar-refractivity contribution in [1.82, 2.24) is 19.9 Å². The topological polar surface area (TPSA) is 79.9 Å². The molecule has 122 valence electrons. The van der Waals surface area contributed by atoms with E-state index in [0.717, 1.165) is 17.0 Å². The number of aromatic amines is 1. The number of hydrogen-bond donors (Lipinski definition) is 2. The number of carbonyl (C=O) groups is 1. The number of carbonyl (C=O) groups excluding carboxylic acids is 1. The molecule has 0 fully saturated rings. The van der Waals surface area contributed by atoms with E-state index in [9.17, 15) is 4.79 Å². The first-order chi connectivity index (χ1) is 11.8. The lowest BCUT2D eigenvalue weighted by Gasteiger charge is -2.08. The summed E-state index contributed by atoms with van der Waals surface area (Å²) < 4.78 is 8.44. The first-order valence-corrected chi connectivity index (χ1v) is 8.49. The van der Waals surface area contributed by atoms with Crippen LogP contribution in [0.1, 0.15) is 15.9 Å². The molecule has 0 radical (unpaired) electrons. The Kier molecular flexibility index (Phi) is 5.12. The number of amides is 1. The third kappa shape index (κ3) is 3.94. The Morgan fingerprint density at radius 1 is 1.29 bits per heavy atom. The Balaban J connectivity index is 1.63. The van der Waals surface area contributed by atoms with Crippen LogP contribution in [0, 0.1) is 0 Å². The van der Waals surface area contributed by atoms with Crippen LogP contribution in [0.5, 0.6) is 5.75 Å². The Morgan fingerprint density at radius 2 is 2.21 bits per heavy atom. The van der Waals surface area contributed by atoms with Crippen molar-refractivity contribution in [2.24, 2.45) is 0 Å². The smallest absolute Gasteiger partial charge is 0.261 e. The van der Waals surface area contributed by atoms with Crippen LogP contribution in [0.4, 0.5) is 0 Å². The second-order valence-electron chi connectivity index (χ2n) is 4.97. The zero-order valence-corrected chi connectivity index (χ0v) is 13.8. The van der Waals surface area contributed by atoms with Crippen LogP contribution in [0.2, 0.25) is 0 Å². The minimum Gasteiger partial charge on any atom is -0.487 e. The Bertz CT molecular complexity index is 804. The fourth-order valence-electron chi connectivity index (χ4n) is 2.14. The molecule has 0 aliphatic heterocycles. The first kappa shape index (κ1) is 16.1. The van der Waals surface area contributed by atoms with Crippen molar-refractivity contribution in [2.45, 2.75) is 6.61 Å². The van der Waals surface area contributed by atoms with Crippen molar-refractivity contribution in [3.8, 4) is 17.1 Å². The van der Waals surface area contributed by atoms with Gasteiger partial charge in [-0.25, -0.2) is 0 Å². The minimum atomic E-state index is -0.116. The molecule has 0 spiro atoms. The van der Waals surface area contributed by atoms with E-state index >= 15 is 0 Å². The molecule has 0 bridgehead atoms. The normalized spacial score (nSPS) is 10.4. The van der Waals surface area contributed by atoms with Crippen LogP contribution in [0.3, 0.4) is 0 Å². The van der Waals surface area contributed by atoms with Crippen LogP contribution < -0.4 is 9.46 Å². The number of aromatic nitrogens is 3. The van der Waals surface area contributed by atoms with Crippen LogP contribution >= 0.6 is 11.9 Å². The van der Waals surface area contributed by atoms with E-state index in [-0.39, 0.29) is 5.91 Å². The molecule has 0 atom stereocenters. The van der Waals surface area contributed by atoms with Gasteiger partial charge in [0.2, 0.25) is 0 Å². The van der Waals surface area contributed by atoms with Crippen molar-refractivity contribution >= 4 is 17.9 Å². The second kappa shape index (κ2) is 7.65. The van der Waals surface area contributed by atoms with Gasteiger partial charge in [0.1, 0.15) is 12.4 Å².